The number of rotatable bonds is 4. The lowest BCUT2D eigenvalue weighted by molar-refractivity contribution is 0.122. The quantitative estimate of drug-likeness (QED) is 0.568. The molecular formula is C23H21N5O. The SMILES string of the molecule is c1cnc2ccc(-c3ccnc(Nc4ccc(N5CCOCC5)cc4)n3)cc2c1. The van der Waals surface area contributed by atoms with E-state index in [1.165, 1.54) is 5.69 Å². The highest BCUT2D eigenvalue weighted by molar-refractivity contribution is 5.83. The number of benzene rings is 2. The van der Waals surface area contributed by atoms with Crippen molar-refractivity contribution in [1.82, 2.24) is 15.0 Å². The van der Waals surface area contributed by atoms with E-state index in [0.29, 0.717) is 5.95 Å². The Hall–Kier alpha value is -3.51. The number of anilines is 3. The number of aromatic nitrogens is 3. The Morgan fingerprint density at radius 3 is 2.59 bits per heavy atom. The van der Waals surface area contributed by atoms with Gasteiger partial charge in [-0.3, -0.25) is 4.98 Å². The van der Waals surface area contributed by atoms with E-state index in [0.717, 1.165) is 54.2 Å². The Morgan fingerprint density at radius 1 is 0.862 bits per heavy atom. The number of pyridine rings is 1. The van der Waals surface area contributed by atoms with Gasteiger partial charge in [0.1, 0.15) is 0 Å². The van der Waals surface area contributed by atoms with Crippen LogP contribution >= 0.6 is 0 Å². The average molecular weight is 383 g/mol. The molecule has 0 saturated carbocycles. The van der Waals surface area contributed by atoms with Gasteiger partial charge in [-0.2, -0.15) is 0 Å². The molecule has 0 radical (unpaired) electrons. The molecule has 1 saturated heterocycles. The van der Waals surface area contributed by atoms with Crippen molar-refractivity contribution in [1.29, 1.82) is 0 Å². The van der Waals surface area contributed by atoms with Crippen LogP contribution in [0.3, 0.4) is 0 Å². The van der Waals surface area contributed by atoms with E-state index in [-0.39, 0.29) is 0 Å². The van der Waals surface area contributed by atoms with Crippen molar-refractivity contribution in [3.8, 4) is 11.3 Å². The maximum Gasteiger partial charge on any atom is 0.227 e. The van der Waals surface area contributed by atoms with Gasteiger partial charge in [-0.1, -0.05) is 12.1 Å². The van der Waals surface area contributed by atoms with Crippen molar-refractivity contribution in [2.75, 3.05) is 36.5 Å². The highest BCUT2D eigenvalue weighted by Gasteiger charge is 2.11. The smallest absolute Gasteiger partial charge is 0.227 e. The summed E-state index contributed by atoms with van der Waals surface area (Å²) in [6.07, 6.45) is 3.58. The minimum Gasteiger partial charge on any atom is -0.378 e. The zero-order valence-electron chi connectivity index (χ0n) is 16.0. The van der Waals surface area contributed by atoms with Crippen LogP contribution in [0.4, 0.5) is 17.3 Å². The zero-order valence-corrected chi connectivity index (χ0v) is 16.0. The number of ether oxygens (including phenoxy) is 1. The Morgan fingerprint density at radius 2 is 1.72 bits per heavy atom. The van der Waals surface area contributed by atoms with Gasteiger partial charge in [0.15, 0.2) is 0 Å². The Kier molecular flexibility index (Phi) is 4.76. The fourth-order valence-electron chi connectivity index (χ4n) is 3.52. The predicted molar refractivity (Wildman–Crippen MR) is 116 cm³/mol. The molecule has 1 fully saturated rings. The van der Waals surface area contributed by atoms with E-state index in [4.69, 9.17) is 4.74 Å². The van der Waals surface area contributed by atoms with Crippen LogP contribution in [0.1, 0.15) is 0 Å². The highest BCUT2D eigenvalue weighted by atomic mass is 16.5. The molecule has 29 heavy (non-hydrogen) atoms. The second-order valence-corrected chi connectivity index (χ2v) is 6.95. The van der Waals surface area contributed by atoms with Crippen molar-refractivity contribution >= 4 is 28.2 Å². The molecule has 0 atom stereocenters. The van der Waals surface area contributed by atoms with Crippen LogP contribution in [0, 0.1) is 0 Å². The molecule has 1 aliphatic heterocycles. The monoisotopic (exact) mass is 383 g/mol. The lowest BCUT2D eigenvalue weighted by Crippen LogP contribution is -2.36. The first-order valence-corrected chi connectivity index (χ1v) is 9.73. The van der Waals surface area contributed by atoms with Crippen LogP contribution in [0.5, 0.6) is 0 Å². The maximum absolute atomic E-state index is 5.42. The molecule has 5 rings (SSSR count). The average Bonchev–Trinajstić information content (AvgIpc) is 2.80. The first-order valence-electron chi connectivity index (χ1n) is 9.73. The maximum atomic E-state index is 5.42. The number of morpholine rings is 1. The van der Waals surface area contributed by atoms with Crippen molar-refractivity contribution in [2.24, 2.45) is 0 Å². The molecule has 6 heteroatoms. The highest BCUT2D eigenvalue weighted by Crippen LogP contribution is 2.24. The molecule has 1 aliphatic rings. The minimum absolute atomic E-state index is 0.577. The second kappa shape index (κ2) is 7.85. The molecule has 0 unspecified atom stereocenters. The van der Waals surface area contributed by atoms with E-state index in [2.05, 4.69) is 61.6 Å². The molecule has 3 heterocycles. The summed E-state index contributed by atoms with van der Waals surface area (Å²) in [5.41, 5.74) is 5.06. The van der Waals surface area contributed by atoms with Crippen molar-refractivity contribution in [2.45, 2.75) is 0 Å². The zero-order chi connectivity index (χ0) is 19.5. The Bertz CT molecular complexity index is 1120. The number of hydrogen-bond donors (Lipinski definition) is 1. The van der Waals surface area contributed by atoms with Gasteiger partial charge in [0.05, 0.1) is 24.4 Å². The van der Waals surface area contributed by atoms with Gasteiger partial charge in [0.2, 0.25) is 5.95 Å². The van der Waals surface area contributed by atoms with E-state index in [1.54, 1.807) is 12.4 Å². The Labute approximate surface area is 169 Å². The predicted octanol–water partition coefficient (Wildman–Crippen LogP) is 4.27. The lowest BCUT2D eigenvalue weighted by atomic mass is 10.1. The van der Waals surface area contributed by atoms with Gasteiger partial charge in [-0.15, -0.1) is 0 Å². The molecule has 6 nitrogen and oxygen atoms in total. The van der Waals surface area contributed by atoms with Crippen LogP contribution in [-0.4, -0.2) is 41.3 Å². The molecule has 2 aromatic carbocycles. The minimum atomic E-state index is 0.577. The Balaban J connectivity index is 1.35. The molecule has 0 spiro atoms. The van der Waals surface area contributed by atoms with Crippen LogP contribution in [0.2, 0.25) is 0 Å². The normalized spacial score (nSPS) is 14.1. The van der Waals surface area contributed by atoms with E-state index in [1.807, 2.05) is 24.3 Å². The summed E-state index contributed by atoms with van der Waals surface area (Å²) in [4.78, 5) is 15.8. The fourth-order valence-corrected chi connectivity index (χ4v) is 3.52. The van der Waals surface area contributed by atoms with E-state index < -0.39 is 0 Å². The molecule has 0 aliphatic carbocycles. The summed E-state index contributed by atoms with van der Waals surface area (Å²) in [5, 5.41) is 4.40. The first kappa shape index (κ1) is 17.6. The summed E-state index contributed by atoms with van der Waals surface area (Å²) in [6, 6.07) is 20.4. The molecule has 2 aromatic heterocycles. The molecule has 1 N–H and O–H groups in total. The standard InChI is InChI=1S/C23H21N5O/c1-2-17-16-18(3-8-21(17)24-10-1)22-9-11-25-23(27-22)26-19-4-6-20(7-5-19)28-12-14-29-15-13-28/h1-11,16H,12-15H2,(H,25,26,27). The van der Waals surface area contributed by atoms with Gasteiger partial charge in [0.25, 0.3) is 0 Å². The third-order valence-electron chi connectivity index (χ3n) is 5.05. The van der Waals surface area contributed by atoms with Crippen LogP contribution in [0.15, 0.2) is 73.1 Å². The summed E-state index contributed by atoms with van der Waals surface area (Å²) in [7, 11) is 0. The third kappa shape index (κ3) is 3.88. The van der Waals surface area contributed by atoms with Gasteiger partial charge in [-0.05, 0) is 48.5 Å². The van der Waals surface area contributed by atoms with Crippen LogP contribution in [-0.2, 0) is 4.74 Å². The first-order chi connectivity index (χ1) is 14.3. The van der Waals surface area contributed by atoms with Crippen LogP contribution < -0.4 is 10.2 Å². The third-order valence-corrected chi connectivity index (χ3v) is 5.05. The van der Waals surface area contributed by atoms with Gasteiger partial charge < -0.3 is 15.0 Å². The second-order valence-electron chi connectivity index (χ2n) is 6.95. The summed E-state index contributed by atoms with van der Waals surface area (Å²) >= 11 is 0. The molecule has 0 amide bonds. The number of fused-ring (bicyclic) bond motifs is 1. The van der Waals surface area contributed by atoms with E-state index in [9.17, 15) is 0 Å². The van der Waals surface area contributed by atoms with Gasteiger partial charge >= 0.3 is 0 Å². The number of hydrogen-bond acceptors (Lipinski definition) is 6. The lowest BCUT2D eigenvalue weighted by Gasteiger charge is -2.28. The number of nitrogens with zero attached hydrogens (tertiary/aromatic N) is 4. The van der Waals surface area contributed by atoms with Gasteiger partial charge in [0, 0.05) is 47.8 Å². The number of nitrogens with one attached hydrogen (secondary N) is 1. The topological polar surface area (TPSA) is 63.2 Å². The van der Waals surface area contributed by atoms with Crippen molar-refractivity contribution in [3.63, 3.8) is 0 Å². The molecule has 144 valence electrons. The fraction of sp³-hybridized carbons (Fsp3) is 0.174. The van der Waals surface area contributed by atoms with Gasteiger partial charge in [-0.25, -0.2) is 9.97 Å². The largest absolute Gasteiger partial charge is 0.378 e. The summed E-state index contributed by atoms with van der Waals surface area (Å²) in [5.74, 6) is 0.577. The van der Waals surface area contributed by atoms with Crippen LogP contribution in [0.25, 0.3) is 22.2 Å². The molecule has 4 aromatic rings. The molecular weight excluding hydrogens is 362 g/mol. The summed E-state index contributed by atoms with van der Waals surface area (Å²) in [6.45, 7) is 3.43. The van der Waals surface area contributed by atoms with Crippen molar-refractivity contribution in [3.05, 3.63) is 73.1 Å². The van der Waals surface area contributed by atoms with E-state index >= 15 is 0 Å². The molecule has 0 bridgehead atoms. The van der Waals surface area contributed by atoms with Crippen molar-refractivity contribution < 1.29 is 4.74 Å². The summed E-state index contributed by atoms with van der Waals surface area (Å²) < 4.78 is 5.42.